The van der Waals surface area contributed by atoms with Crippen molar-refractivity contribution in [1.82, 2.24) is 5.32 Å². The van der Waals surface area contributed by atoms with Crippen LogP contribution in [-0.2, 0) is 16.0 Å². The number of carbonyl (C=O) groups excluding carboxylic acids is 2. The molecule has 3 aromatic rings. The molecule has 200 valence electrons. The lowest BCUT2D eigenvalue weighted by atomic mass is 9.94. The highest BCUT2D eigenvalue weighted by molar-refractivity contribution is 7.10. The van der Waals surface area contributed by atoms with Gasteiger partial charge in [-0.1, -0.05) is 37.5 Å². The Bertz CT molecular complexity index is 1220. The van der Waals surface area contributed by atoms with E-state index in [9.17, 15) is 9.59 Å². The molecule has 0 bridgehead atoms. The molecule has 1 aliphatic carbocycles. The van der Waals surface area contributed by atoms with Crippen molar-refractivity contribution >= 4 is 28.8 Å². The van der Waals surface area contributed by atoms with Gasteiger partial charge in [0.2, 0.25) is 11.8 Å². The van der Waals surface area contributed by atoms with E-state index in [-0.39, 0.29) is 24.3 Å². The molecule has 0 saturated heterocycles. The largest absolute Gasteiger partial charge is 0.494 e. The van der Waals surface area contributed by atoms with Crippen molar-refractivity contribution in [3.63, 3.8) is 0 Å². The molecule has 2 aliphatic rings. The van der Waals surface area contributed by atoms with Crippen molar-refractivity contribution in [2.45, 2.75) is 57.5 Å². The summed E-state index contributed by atoms with van der Waals surface area (Å²) in [6.45, 7) is 3.39. The number of ether oxygens (including phenoxy) is 3. The van der Waals surface area contributed by atoms with Crippen LogP contribution >= 0.6 is 11.3 Å². The monoisotopic (exact) mass is 534 g/mol. The van der Waals surface area contributed by atoms with Crippen LogP contribution < -0.4 is 24.4 Å². The molecule has 8 heteroatoms. The highest BCUT2D eigenvalue weighted by atomic mass is 32.1. The highest BCUT2D eigenvalue weighted by Crippen LogP contribution is 2.38. The average Bonchev–Trinajstić information content (AvgIpc) is 3.45. The van der Waals surface area contributed by atoms with Gasteiger partial charge in [-0.2, -0.15) is 0 Å². The molecule has 1 fully saturated rings. The Hall–Kier alpha value is -3.52. The Morgan fingerprint density at radius 3 is 2.50 bits per heavy atom. The van der Waals surface area contributed by atoms with E-state index in [0.29, 0.717) is 37.0 Å². The number of carbonyl (C=O) groups is 2. The SMILES string of the molecule is CCOc1ccc([C@@H](C(=O)NC2CCCCC2)N(C(=O)Cc2cccs2)c2ccc3c(c2)OCCO3)cc1. The molecule has 0 radical (unpaired) electrons. The Labute approximate surface area is 227 Å². The van der Waals surface area contributed by atoms with E-state index in [1.165, 1.54) is 17.8 Å². The zero-order valence-electron chi connectivity index (χ0n) is 21.7. The summed E-state index contributed by atoms with van der Waals surface area (Å²) in [6, 6.07) is 16.0. The molecule has 2 heterocycles. The minimum Gasteiger partial charge on any atom is -0.494 e. The lowest BCUT2D eigenvalue weighted by Crippen LogP contribution is -2.47. The van der Waals surface area contributed by atoms with E-state index in [1.54, 1.807) is 11.0 Å². The number of rotatable bonds is 9. The maximum absolute atomic E-state index is 14.0. The molecular formula is C30H34N2O5S. The first kappa shape index (κ1) is 26.1. The van der Waals surface area contributed by atoms with Crippen LogP contribution in [-0.4, -0.2) is 37.7 Å². The zero-order valence-corrected chi connectivity index (χ0v) is 22.5. The number of hydrogen-bond acceptors (Lipinski definition) is 6. The minimum absolute atomic E-state index is 0.107. The van der Waals surface area contributed by atoms with Crippen LogP contribution in [0.5, 0.6) is 17.2 Å². The zero-order chi connectivity index (χ0) is 26.3. The first-order valence-corrected chi connectivity index (χ1v) is 14.3. The predicted molar refractivity (Wildman–Crippen MR) is 148 cm³/mol. The molecule has 7 nitrogen and oxygen atoms in total. The molecule has 0 spiro atoms. The van der Waals surface area contributed by atoms with Crippen molar-refractivity contribution < 1.29 is 23.8 Å². The van der Waals surface area contributed by atoms with Gasteiger partial charge in [0, 0.05) is 22.7 Å². The van der Waals surface area contributed by atoms with E-state index in [1.807, 2.05) is 60.8 Å². The molecule has 1 aliphatic heterocycles. The lowest BCUT2D eigenvalue weighted by Gasteiger charge is -2.34. The van der Waals surface area contributed by atoms with Crippen LogP contribution in [0.25, 0.3) is 0 Å². The maximum Gasteiger partial charge on any atom is 0.248 e. The normalized spacial score (nSPS) is 15.9. The van der Waals surface area contributed by atoms with Gasteiger partial charge in [-0.3, -0.25) is 14.5 Å². The van der Waals surface area contributed by atoms with Crippen LogP contribution in [0.3, 0.4) is 0 Å². The quantitative estimate of drug-likeness (QED) is 0.382. The number of nitrogens with one attached hydrogen (secondary N) is 1. The summed E-state index contributed by atoms with van der Waals surface area (Å²) in [5, 5.41) is 5.22. The smallest absolute Gasteiger partial charge is 0.248 e. The first-order valence-electron chi connectivity index (χ1n) is 13.4. The molecule has 0 unspecified atom stereocenters. The van der Waals surface area contributed by atoms with Crippen molar-refractivity contribution in [3.8, 4) is 17.2 Å². The van der Waals surface area contributed by atoms with Crippen molar-refractivity contribution in [1.29, 1.82) is 0 Å². The number of amides is 2. The van der Waals surface area contributed by atoms with Crippen molar-refractivity contribution in [2.75, 3.05) is 24.7 Å². The van der Waals surface area contributed by atoms with E-state index in [4.69, 9.17) is 14.2 Å². The van der Waals surface area contributed by atoms with Crippen LogP contribution in [0.1, 0.15) is 55.5 Å². The summed E-state index contributed by atoms with van der Waals surface area (Å²) in [4.78, 5) is 30.6. The molecule has 1 N–H and O–H groups in total. The average molecular weight is 535 g/mol. The maximum atomic E-state index is 14.0. The van der Waals surface area contributed by atoms with E-state index in [0.717, 1.165) is 41.9 Å². The molecule has 2 aromatic carbocycles. The van der Waals surface area contributed by atoms with Crippen molar-refractivity contribution in [3.05, 3.63) is 70.4 Å². The number of thiophene rings is 1. The Balaban J connectivity index is 1.55. The first-order chi connectivity index (χ1) is 18.6. The molecule has 1 atom stereocenters. The summed E-state index contributed by atoms with van der Waals surface area (Å²) >= 11 is 1.53. The molecule has 2 amide bonds. The molecule has 5 rings (SSSR count). The number of anilines is 1. The summed E-state index contributed by atoms with van der Waals surface area (Å²) in [5.74, 6) is 1.58. The van der Waals surface area contributed by atoms with Gasteiger partial charge in [-0.05, 0) is 61.0 Å². The topological polar surface area (TPSA) is 77.1 Å². The third-order valence-corrected chi connectivity index (χ3v) is 7.82. The van der Waals surface area contributed by atoms with Gasteiger partial charge in [-0.15, -0.1) is 11.3 Å². The third-order valence-electron chi connectivity index (χ3n) is 6.94. The van der Waals surface area contributed by atoms with Gasteiger partial charge in [0.05, 0.1) is 13.0 Å². The fraction of sp³-hybridized carbons (Fsp3) is 0.400. The second-order valence-corrected chi connectivity index (χ2v) is 10.6. The summed E-state index contributed by atoms with van der Waals surface area (Å²) < 4.78 is 17.2. The van der Waals surface area contributed by atoms with Crippen LogP contribution in [0.4, 0.5) is 5.69 Å². The third kappa shape index (κ3) is 6.13. The fourth-order valence-corrected chi connectivity index (χ4v) is 5.82. The van der Waals surface area contributed by atoms with E-state index >= 15 is 0 Å². The molecule has 1 saturated carbocycles. The summed E-state index contributed by atoms with van der Waals surface area (Å²) in [7, 11) is 0. The van der Waals surface area contributed by atoms with E-state index < -0.39 is 6.04 Å². The molecular weight excluding hydrogens is 500 g/mol. The van der Waals surface area contributed by atoms with Gasteiger partial charge < -0.3 is 19.5 Å². The van der Waals surface area contributed by atoms with Crippen molar-refractivity contribution in [2.24, 2.45) is 0 Å². The molecule has 1 aromatic heterocycles. The van der Waals surface area contributed by atoms with Gasteiger partial charge in [0.1, 0.15) is 25.0 Å². The summed E-state index contributed by atoms with van der Waals surface area (Å²) in [5.41, 5.74) is 1.31. The standard InChI is InChI=1S/C30H34N2O5S/c1-2-35-24-13-10-21(11-14-24)29(30(34)31-22-7-4-3-5-8-22)32(28(33)20-25-9-6-18-38-25)23-12-15-26-27(19-23)37-17-16-36-26/h6,9-15,18-19,22,29H,2-5,7-8,16-17,20H2,1H3,(H,31,34)/t29-/m0/s1. The lowest BCUT2D eigenvalue weighted by molar-refractivity contribution is -0.127. The second kappa shape index (κ2) is 12.3. The fourth-order valence-electron chi connectivity index (χ4n) is 5.12. The predicted octanol–water partition coefficient (Wildman–Crippen LogP) is 5.68. The van der Waals surface area contributed by atoms with E-state index in [2.05, 4.69) is 5.32 Å². The van der Waals surface area contributed by atoms with Gasteiger partial charge in [0.25, 0.3) is 0 Å². The number of hydrogen-bond donors (Lipinski definition) is 1. The van der Waals surface area contributed by atoms with Gasteiger partial charge in [0.15, 0.2) is 11.5 Å². The highest BCUT2D eigenvalue weighted by Gasteiger charge is 2.35. The van der Waals surface area contributed by atoms with Gasteiger partial charge in [-0.25, -0.2) is 0 Å². The van der Waals surface area contributed by atoms with Crippen LogP contribution in [0.15, 0.2) is 60.0 Å². The summed E-state index contributed by atoms with van der Waals surface area (Å²) in [6.07, 6.45) is 5.49. The Morgan fingerprint density at radius 2 is 1.79 bits per heavy atom. The van der Waals surface area contributed by atoms with Crippen LogP contribution in [0.2, 0.25) is 0 Å². The number of benzene rings is 2. The number of nitrogens with zero attached hydrogens (tertiary/aromatic N) is 1. The van der Waals surface area contributed by atoms with Crippen LogP contribution in [0, 0.1) is 0 Å². The second-order valence-electron chi connectivity index (χ2n) is 9.60. The minimum atomic E-state index is -0.859. The van der Waals surface area contributed by atoms with Gasteiger partial charge >= 0.3 is 0 Å². The Morgan fingerprint density at radius 1 is 1.03 bits per heavy atom. The number of fused-ring (bicyclic) bond motifs is 1. The Kier molecular flexibility index (Phi) is 8.48. The molecule has 38 heavy (non-hydrogen) atoms.